The number of thiazole rings is 1. The summed E-state index contributed by atoms with van der Waals surface area (Å²) in [6.45, 7) is 3.94. The minimum atomic E-state index is -4.56. The Kier molecular flexibility index (Phi) is 5.73. The molecule has 1 amide bonds. The summed E-state index contributed by atoms with van der Waals surface area (Å²) in [5.41, 5.74) is 0.103. The number of ether oxygens (including phenoxy) is 1. The first-order valence-electron chi connectivity index (χ1n) is 8.63. The van der Waals surface area contributed by atoms with Gasteiger partial charge in [0.25, 0.3) is 5.91 Å². The van der Waals surface area contributed by atoms with Crippen molar-refractivity contribution in [2.24, 2.45) is 10.5 Å². The van der Waals surface area contributed by atoms with Gasteiger partial charge in [-0.05, 0) is 38.8 Å². The van der Waals surface area contributed by atoms with E-state index < -0.39 is 16.6 Å². The van der Waals surface area contributed by atoms with Crippen molar-refractivity contribution in [3.8, 4) is 5.75 Å². The highest BCUT2D eigenvalue weighted by atomic mass is 79.9. The molecule has 0 fully saturated rings. The van der Waals surface area contributed by atoms with Gasteiger partial charge in [0.05, 0.1) is 22.9 Å². The Labute approximate surface area is 172 Å². The number of methoxy groups -OCH3 is 1. The van der Waals surface area contributed by atoms with E-state index >= 15 is 0 Å². The molecule has 10 heteroatoms. The zero-order chi connectivity index (χ0) is 20.7. The maximum absolute atomic E-state index is 13.2. The monoisotopic (exact) mass is 477 g/mol. The lowest BCUT2D eigenvalue weighted by Gasteiger charge is -2.20. The van der Waals surface area contributed by atoms with Crippen LogP contribution in [0.5, 0.6) is 5.75 Å². The summed E-state index contributed by atoms with van der Waals surface area (Å²) in [6.07, 6.45) is -2.89. The number of aromatic nitrogens is 1. The zero-order valence-electron chi connectivity index (χ0n) is 15.6. The SMILES string of the molecule is COc1ccc(C2=NN(CCCCBr)C(=O)C2(C)C)c2sc(C(F)(F)F)nc12. The fourth-order valence-corrected chi connectivity index (χ4v) is 4.43. The number of halogens is 4. The van der Waals surface area contributed by atoms with Gasteiger partial charge in [0.2, 0.25) is 0 Å². The summed E-state index contributed by atoms with van der Waals surface area (Å²) in [4.78, 5) is 16.6. The number of unbranched alkanes of at least 4 members (excludes halogenated alkanes) is 1. The van der Waals surface area contributed by atoms with Crippen LogP contribution in [0.15, 0.2) is 17.2 Å². The third-order valence-electron chi connectivity index (χ3n) is 4.56. The molecule has 0 unspecified atom stereocenters. The first kappa shape index (κ1) is 21.0. The molecule has 0 atom stereocenters. The number of carbonyl (C=O) groups excluding carboxylic acids is 1. The molecule has 1 aromatic carbocycles. The van der Waals surface area contributed by atoms with Crippen LogP contribution in [0.3, 0.4) is 0 Å². The van der Waals surface area contributed by atoms with Crippen LogP contribution in [0.2, 0.25) is 0 Å². The average molecular weight is 478 g/mol. The van der Waals surface area contributed by atoms with E-state index in [0.29, 0.717) is 33.9 Å². The maximum Gasteiger partial charge on any atom is 0.443 e. The van der Waals surface area contributed by atoms with Gasteiger partial charge in [-0.1, -0.05) is 15.9 Å². The largest absolute Gasteiger partial charge is 0.494 e. The molecule has 152 valence electrons. The smallest absolute Gasteiger partial charge is 0.443 e. The Morgan fingerprint density at radius 1 is 1.29 bits per heavy atom. The quantitative estimate of drug-likeness (QED) is 0.430. The van der Waals surface area contributed by atoms with Gasteiger partial charge in [-0.2, -0.15) is 18.3 Å². The summed E-state index contributed by atoms with van der Waals surface area (Å²) in [6, 6.07) is 3.21. The van der Waals surface area contributed by atoms with E-state index in [9.17, 15) is 18.0 Å². The third-order valence-corrected chi connectivity index (χ3v) is 6.25. The van der Waals surface area contributed by atoms with Crippen molar-refractivity contribution in [3.05, 3.63) is 22.7 Å². The standard InChI is InChI=1S/C18H19BrF3N3O2S/c1-17(2)14(24-25(16(17)26)9-5-4-8-19)10-6-7-11(27-3)12-13(10)28-15(23-12)18(20,21)22/h6-7H,4-5,8-9H2,1-3H3. The van der Waals surface area contributed by atoms with Crippen LogP contribution in [0.4, 0.5) is 13.2 Å². The molecule has 0 saturated carbocycles. The number of benzene rings is 1. The average Bonchev–Trinajstić information content (AvgIpc) is 3.17. The second-order valence-electron chi connectivity index (χ2n) is 6.91. The van der Waals surface area contributed by atoms with Crippen molar-refractivity contribution in [2.75, 3.05) is 19.0 Å². The molecule has 1 aliphatic heterocycles. The summed E-state index contributed by atoms with van der Waals surface area (Å²) in [5.74, 6) is 0.0870. The lowest BCUT2D eigenvalue weighted by molar-refractivity contribution is -0.137. The highest BCUT2D eigenvalue weighted by molar-refractivity contribution is 9.09. The molecule has 0 bridgehead atoms. The molecule has 2 aromatic rings. The molecule has 0 radical (unpaired) electrons. The number of amides is 1. The molecule has 1 aliphatic rings. The lowest BCUT2D eigenvalue weighted by Crippen LogP contribution is -2.35. The number of rotatable bonds is 6. The molecule has 0 N–H and O–H groups in total. The number of hydrogen-bond donors (Lipinski definition) is 0. The summed E-state index contributed by atoms with van der Waals surface area (Å²) >= 11 is 3.89. The van der Waals surface area contributed by atoms with Crippen LogP contribution in [-0.4, -0.2) is 40.6 Å². The van der Waals surface area contributed by atoms with Gasteiger partial charge >= 0.3 is 6.18 Å². The highest BCUT2D eigenvalue weighted by Crippen LogP contribution is 2.42. The van der Waals surface area contributed by atoms with Gasteiger partial charge in [-0.3, -0.25) is 4.79 Å². The maximum atomic E-state index is 13.2. The van der Waals surface area contributed by atoms with Crippen LogP contribution in [0.25, 0.3) is 10.2 Å². The van der Waals surface area contributed by atoms with Crippen molar-refractivity contribution in [1.82, 2.24) is 9.99 Å². The summed E-state index contributed by atoms with van der Waals surface area (Å²) < 4.78 is 45.2. The van der Waals surface area contributed by atoms with Crippen LogP contribution in [0, 0.1) is 5.41 Å². The Morgan fingerprint density at radius 2 is 2.00 bits per heavy atom. The Hall–Kier alpha value is -1.68. The molecular formula is C18H19BrF3N3O2S. The summed E-state index contributed by atoms with van der Waals surface area (Å²) in [7, 11) is 1.38. The van der Waals surface area contributed by atoms with Crippen LogP contribution < -0.4 is 4.74 Å². The van der Waals surface area contributed by atoms with Crippen molar-refractivity contribution in [2.45, 2.75) is 32.9 Å². The van der Waals surface area contributed by atoms with Gasteiger partial charge in [0.15, 0.2) is 5.01 Å². The number of fused-ring (bicyclic) bond motifs is 1. The first-order valence-corrected chi connectivity index (χ1v) is 10.6. The Bertz CT molecular complexity index is 940. The van der Waals surface area contributed by atoms with Crippen LogP contribution >= 0.6 is 27.3 Å². The van der Waals surface area contributed by atoms with E-state index in [2.05, 4.69) is 26.0 Å². The molecule has 2 heterocycles. The zero-order valence-corrected chi connectivity index (χ0v) is 18.0. The molecule has 28 heavy (non-hydrogen) atoms. The number of hydrogen-bond acceptors (Lipinski definition) is 5. The minimum Gasteiger partial charge on any atom is -0.494 e. The molecule has 1 aromatic heterocycles. The Morgan fingerprint density at radius 3 is 2.61 bits per heavy atom. The van der Waals surface area contributed by atoms with E-state index in [1.54, 1.807) is 26.0 Å². The normalized spacial score (nSPS) is 16.8. The van der Waals surface area contributed by atoms with E-state index in [4.69, 9.17) is 4.74 Å². The van der Waals surface area contributed by atoms with Crippen molar-refractivity contribution in [3.63, 3.8) is 0 Å². The van der Waals surface area contributed by atoms with E-state index in [0.717, 1.165) is 18.2 Å². The highest BCUT2D eigenvalue weighted by Gasteiger charge is 2.45. The van der Waals surface area contributed by atoms with Gasteiger partial charge in [0.1, 0.15) is 11.3 Å². The number of carbonyl (C=O) groups is 1. The molecule has 0 saturated heterocycles. The third kappa shape index (κ3) is 3.63. The van der Waals surface area contributed by atoms with Crippen molar-refractivity contribution >= 4 is 49.1 Å². The van der Waals surface area contributed by atoms with Crippen molar-refractivity contribution in [1.29, 1.82) is 0 Å². The van der Waals surface area contributed by atoms with Gasteiger partial charge in [0, 0.05) is 17.4 Å². The molecule has 5 nitrogen and oxygen atoms in total. The fraction of sp³-hybridized carbons (Fsp3) is 0.500. The predicted octanol–water partition coefficient (Wildman–Crippen LogP) is 5.07. The molecule has 0 aliphatic carbocycles. The van der Waals surface area contributed by atoms with Gasteiger partial charge in [-0.15, -0.1) is 11.3 Å². The number of alkyl halides is 4. The van der Waals surface area contributed by atoms with E-state index in [1.807, 2.05) is 0 Å². The van der Waals surface area contributed by atoms with Crippen LogP contribution in [-0.2, 0) is 11.0 Å². The molecule has 3 rings (SSSR count). The number of nitrogens with zero attached hydrogens (tertiary/aromatic N) is 3. The topological polar surface area (TPSA) is 54.8 Å². The second kappa shape index (κ2) is 7.62. The van der Waals surface area contributed by atoms with E-state index in [1.165, 1.54) is 12.1 Å². The van der Waals surface area contributed by atoms with Crippen LogP contribution in [0.1, 0.15) is 37.3 Å². The first-order chi connectivity index (χ1) is 13.1. The minimum absolute atomic E-state index is 0.126. The number of hydrazone groups is 1. The fourth-order valence-electron chi connectivity index (χ4n) is 3.07. The van der Waals surface area contributed by atoms with Gasteiger partial charge in [-0.25, -0.2) is 9.99 Å². The summed E-state index contributed by atoms with van der Waals surface area (Å²) in [5, 5.41) is 5.77. The second-order valence-corrected chi connectivity index (χ2v) is 8.70. The Balaban J connectivity index is 2.12. The van der Waals surface area contributed by atoms with E-state index in [-0.39, 0.29) is 17.2 Å². The predicted molar refractivity (Wildman–Crippen MR) is 106 cm³/mol. The molecule has 0 spiro atoms. The van der Waals surface area contributed by atoms with Crippen molar-refractivity contribution < 1.29 is 22.7 Å². The molecular weight excluding hydrogens is 459 g/mol. The van der Waals surface area contributed by atoms with Gasteiger partial charge < -0.3 is 4.74 Å². The lowest BCUT2D eigenvalue weighted by atomic mass is 9.83.